The maximum Gasteiger partial charge on any atom is 0.262 e. The van der Waals surface area contributed by atoms with Crippen molar-refractivity contribution in [2.45, 2.75) is 20.4 Å². The van der Waals surface area contributed by atoms with Crippen LogP contribution < -0.4 is 14.9 Å². The molecule has 2 heterocycles. The van der Waals surface area contributed by atoms with Crippen molar-refractivity contribution in [3.05, 3.63) is 70.4 Å². The summed E-state index contributed by atoms with van der Waals surface area (Å²) < 4.78 is 7.59. The zero-order chi connectivity index (χ0) is 19.7. The molecule has 2 aromatic carbocycles. The van der Waals surface area contributed by atoms with Gasteiger partial charge in [-0.15, -0.1) is 17.9 Å². The second-order valence-corrected chi connectivity index (χ2v) is 7.59. The van der Waals surface area contributed by atoms with Gasteiger partial charge in [-0.05, 0) is 49.2 Å². The molecular weight excluding hydrogens is 370 g/mol. The first kappa shape index (κ1) is 18.3. The Morgan fingerprint density at radius 2 is 2.14 bits per heavy atom. The fourth-order valence-electron chi connectivity index (χ4n) is 3.14. The standard InChI is InChI=1S/C22H21N3O2S/c1-4-9-25-19(16-7-8-20-18(11-16)23-21(26)12-27-20)13-28-22(25)24-17-10-14(2)5-6-15(17)3/h4-8,10-11,13H,1,9,12H2,2-3H3,(H,23,26). The number of nitrogens with zero attached hydrogens (tertiary/aromatic N) is 2. The van der Waals surface area contributed by atoms with E-state index >= 15 is 0 Å². The van der Waals surface area contributed by atoms with Crippen LogP contribution in [0.5, 0.6) is 5.75 Å². The van der Waals surface area contributed by atoms with Crippen LogP contribution in [-0.4, -0.2) is 17.1 Å². The van der Waals surface area contributed by atoms with E-state index in [9.17, 15) is 4.79 Å². The highest BCUT2D eigenvalue weighted by Crippen LogP contribution is 2.33. The van der Waals surface area contributed by atoms with Crippen LogP contribution in [0.4, 0.5) is 11.4 Å². The number of anilines is 1. The summed E-state index contributed by atoms with van der Waals surface area (Å²) in [6.07, 6.45) is 1.86. The molecule has 1 aromatic heterocycles. The maximum absolute atomic E-state index is 11.6. The number of fused-ring (bicyclic) bond motifs is 1. The molecule has 3 aromatic rings. The minimum atomic E-state index is -0.139. The van der Waals surface area contributed by atoms with Crippen LogP contribution in [0, 0.1) is 13.8 Å². The molecule has 0 bridgehead atoms. The number of aryl methyl sites for hydroxylation is 2. The smallest absolute Gasteiger partial charge is 0.262 e. The lowest BCUT2D eigenvalue weighted by atomic mass is 10.1. The zero-order valence-electron chi connectivity index (χ0n) is 15.9. The lowest BCUT2D eigenvalue weighted by Crippen LogP contribution is -2.25. The minimum Gasteiger partial charge on any atom is -0.482 e. The summed E-state index contributed by atoms with van der Waals surface area (Å²) in [6.45, 7) is 8.73. The van der Waals surface area contributed by atoms with Gasteiger partial charge in [0.15, 0.2) is 11.4 Å². The number of thiazole rings is 1. The highest BCUT2D eigenvalue weighted by Gasteiger charge is 2.17. The third kappa shape index (κ3) is 3.51. The van der Waals surface area contributed by atoms with E-state index in [1.807, 2.05) is 24.3 Å². The largest absolute Gasteiger partial charge is 0.482 e. The average molecular weight is 391 g/mol. The topological polar surface area (TPSA) is 55.6 Å². The second kappa shape index (κ2) is 7.48. The molecule has 1 aliphatic rings. The number of rotatable bonds is 4. The van der Waals surface area contributed by atoms with E-state index in [2.05, 4.69) is 53.9 Å². The number of nitrogens with one attached hydrogen (secondary N) is 1. The maximum atomic E-state index is 11.6. The summed E-state index contributed by atoms with van der Waals surface area (Å²) in [7, 11) is 0. The van der Waals surface area contributed by atoms with Crippen molar-refractivity contribution < 1.29 is 9.53 Å². The molecule has 0 saturated heterocycles. The molecule has 1 N–H and O–H groups in total. The first-order valence-electron chi connectivity index (χ1n) is 9.03. The Morgan fingerprint density at radius 1 is 1.29 bits per heavy atom. The summed E-state index contributed by atoms with van der Waals surface area (Å²) in [5.41, 5.74) is 6.00. The fraction of sp³-hybridized carbons (Fsp3) is 0.182. The Hall–Kier alpha value is -3.12. The van der Waals surface area contributed by atoms with Gasteiger partial charge in [-0.1, -0.05) is 18.2 Å². The van der Waals surface area contributed by atoms with Crippen molar-refractivity contribution >= 4 is 28.6 Å². The third-order valence-corrected chi connectivity index (χ3v) is 5.46. The SMILES string of the molecule is C=CCn1c(-c2ccc3c(c2)NC(=O)CO3)csc1=Nc1cc(C)ccc1C. The van der Waals surface area contributed by atoms with E-state index in [4.69, 9.17) is 9.73 Å². The van der Waals surface area contributed by atoms with Crippen LogP contribution in [0.3, 0.4) is 0 Å². The van der Waals surface area contributed by atoms with E-state index in [1.54, 1.807) is 11.3 Å². The molecule has 0 atom stereocenters. The van der Waals surface area contributed by atoms with Crippen molar-refractivity contribution in [1.29, 1.82) is 0 Å². The lowest BCUT2D eigenvalue weighted by molar-refractivity contribution is -0.118. The van der Waals surface area contributed by atoms with Crippen LogP contribution in [0.15, 0.2) is 59.4 Å². The van der Waals surface area contributed by atoms with Crippen molar-refractivity contribution in [3.8, 4) is 17.0 Å². The van der Waals surface area contributed by atoms with Crippen molar-refractivity contribution in [2.24, 2.45) is 4.99 Å². The van der Waals surface area contributed by atoms with Gasteiger partial charge in [0, 0.05) is 17.5 Å². The quantitative estimate of drug-likeness (QED) is 0.662. The number of hydrogen-bond donors (Lipinski definition) is 1. The van der Waals surface area contributed by atoms with Crippen LogP contribution in [0.25, 0.3) is 11.3 Å². The highest BCUT2D eigenvalue weighted by atomic mass is 32.1. The van der Waals surface area contributed by atoms with Gasteiger partial charge in [0.05, 0.1) is 17.1 Å². The van der Waals surface area contributed by atoms with Gasteiger partial charge >= 0.3 is 0 Å². The zero-order valence-corrected chi connectivity index (χ0v) is 16.7. The van der Waals surface area contributed by atoms with Gasteiger partial charge in [0.25, 0.3) is 5.91 Å². The van der Waals surface area contributed by atoms with E-state index in [1.165, 1.54) is 5.56 Å². The summed E-state index contributed by atoms with van der Waals surface area (Å²) in [5.74, 6) is 0.550. The molecule has 1 amide bonds. The Labute approximate surface area is 167 Å². The minimum absolute atomic E-state index is 0.0557. The molecule has 6 heteroatoms. The Morgan fingerprint density at radius 3 is 2.96 bits per heavy atom. The van der Waals surface area contributed by atoms with Crippen LogP contribution >= 0.6 is 11.3 Å². The predicted molar refractivity (Wildman–Crippen MR) is 113 cm³/mol. The number of aromatic nitrogens is 1. The molecule has 1 aliphatic heterocycles. The van der Waals surface area contributed by atoms with Crippen molar-refractivity contribution in [3.63, 3.8) is 0 Å². The van der Waals surface area contributed by atoms with Gasteiger partial charge in [0.1, 0.15) is 5.75 Å². The summed E-state index contributed by atoms with van der Waals surface area (Å²) in [5, 5.41) is 4.95. The summed E-state index contributed by atoms with van der Waals surface area (Å²) in [4.78, 5) is 17.5. The molecule has 28 heavy (non-hydrogen) atoms. The number of allylic oxidation sites excluding steroid dienone is 1. The van der Waals surface area contributed by atoms with Gasteiger partial charge in [0.2, 0.25) is 0 Å². The third-order valence-electron chi connectivity index (χ3n) is 4.60. The predicted octanol–water partition coefficient (Wildman–Crippen LogP) is 4.58. The Bertz CT molecular complexity index is 1140. The lowest BCUT2D eigenvalue weighted by Gasteiger charge is -2.18. The normalized spacial score (nSPS) is 13.6. The molecule has 142 valence electrons. The van der Waals surface area contributed by atoms with Crippen molar-refractivity contribution in [1.82, 2.24) is 4.57 Å². The highest BCUT2D eigenvalue weighted by molar-refractivity contribution is 7.07. The molecule has 5 nitrogen and oxygen atoms in total. The summed E-state index contributed by atoms with van der Waals surface area (Å²) >= 11 is 1.59. The molecule has 4 rings (SSSR count). The van der Waals surface area contributed by atoms with Crippen molar-refractivity contribution in [2.75, 3.05) is 11.9 Å². The van der Waals surface area contributed by atoms with Gasteiger partial charge in [-0.2, -0.15) is 0 Å². The fourth-order valence-corrected chi connectivity index (χ4v) is 4.07. The molecule has 0 unspecified atom stereocenters. The monoisotopic (exact) mass is 391 g/mol. The first-order chi connectivity index (χ1) is 13.5. The number of hydrogen-bond acceptors (Lipinski definition) is 4. The average Bonchev–Trinajstić information content (AvgIpc) is 3.07. The molecule has 0 spiro atoms. The van der Waals surface area contributed by atoms with Gasteiger partial charge in [-0.3, -0.25) is 4.79 Å². The number of carbonyl (C=O) groups excluding carboxylic acids is 1. The molecule has 0 saturated carbocycles. The van der Waals surface area contributed by atoms with E-state index in [0.29, 0.717) is 18.0 Å². The van der Waals surface area contributed by atoms with E-state index < -0.39 is 0 Å². The Kier molecular flexibility index (Phi) is 4.88. The van der Waals surface area contributed by atoms with Crippen LogP contribution in [-0.2, 0) is 11.3 Å². The molecule has 0 fully saturated rings. The Balaban J connectivity index is 1.82. The van der Waals surface area contributed by atoms with Crippen LogP contribution in [0.2, 0.25) is 0 Å². The molecular formula is C22H21N3O2S. The van der Waals surface area contributed by atoms with Crippen LogP contribution in [0.1, 0.15) is 11.1 Å². The number of benzene rings is 2. The van der Waals surface area contributed by atoms with E-state index in [0.717, 1.165) is 27.3 Å². The number of amides is 1. The number of carbonyl (C=O) groups is 1. The van der Waals surface area contributed by atoms with Gasteiger partial charge < -0.3 is 14.6 Å². The van der Waals surface area contributed by atoms with E-state index in [-0.39, 0.29) is 12.5 Å². The first-order valence-corrected chi connectivity index (χ1v) is 9.91. The molecule has 0 aliphatic carbocycles. The molecule has 0 radical (unpaired) electrons. The number of ether oxygens (including phenoxy) is 1. The van der Waals surface area contributed by atoms with Gasteiger partial charge in [-0.25, -0.2) is 4.99 Å². The second-order valence-electron chi connectivity index (χ2n) is 6.75. The summed E-state index contributed by atoms with van der Waals surface area (Å²) in [6, 6.07) is 12.1.